The molecular formula is C17H13N3O4. The molecule has 4 rings (SSSR count). The van der Waals surface area contributed by atoms with Gasteiger partial charge in [-0.15, -0.1) is 0 Å². The number of carbonyl (C=O) groups is 2. The van der Waals surface area contributed by atoms with E-state index in [2.05, 4.69) is 10.1 Å². The number of nitrogens with zero attached hydrogens (tertiary/aromatic N) is 3. The maximum absolute atomic E-state index is 12.0. The third-order valence-electron chi connectivity index (χ3n) is 4.18. The number of ketones is 1. The molecule has 0 saturated heterocycles. The Morgan fingerprint density at radius 2 is 2.25 bits per heavy atom. The SMILES string of the molecule is CC(=O)c1ccc2c(c1O)[C@@H](c1cnn3cccnc13)CC(=O)O2. The number of benzene rings is 1. The minimum atomic E-state index is -0.479. The third kappa shape index (κ3) is 2.05. The number of ether oxygens (including phenoxy) is 1. The molecule has 1 aromatic carbocycles. The number of aromatic nitrogens is 3. The molecule has 3 heterocycles. The summed E-state index contributed by atoms with van der Waals surface area (Å²) in [4.78, 5) is 28.0. The van der Waals surface area contributed by atoms with Crippen molar-refractivity contribution >= 4 is 17.4 Å². The lowest BCUT2D eigenvalue weighted by Crippen LogP contribution is -2.21. The predicted molar refractivity (Wildman–Crippen MR) is 83.2 cm³/mol. The van der Waals surface area contributed by atoms with Crippen LogP contribution >= 0.6 is 0 Å². The molecule has 0 saturated carbocycles. The second-order valence-corrected chi connectivity index (χ2v) is 5.65. The van der Waals surface area contributed by atoms with Crippen LogP contribution < -0.4 is 4.74 Å². The second-order valence-electron chi connectivity index (χ2n) is 5.65. The van der Waals surface area contributed by atoms with Crippen LogP contribution in [0.25, 0.3) is 5.65 Å². The van der Waals surface area contributed by atoms with Crippen LogP contribution in [0, 0.1) is 0 Å². The maximum atomic E-state index is 12.0. The van der Waals surface area contributed by atoms with E-state index in [1.54, 1.807) is 29.2 Å². The lowest BCUT2D eigenvalue weighted by atomic mass is 9.85. The van der Waals surface area contributed by atoms with Crippen LogP contribution in [-0.2, 0) is 4.79 Å². The van der Waals surface area contributed by atoms with Gasteiger partial charge in [0, 0.05) is 29.4 Å². The van der Waals surface area contributed by atoms with Gasteiger partial charge in [-0.25, -0.2) is 9.50 Å². The number of hydrogen-bond acceptors (Lipinski definition) is 6. The Bertz CT molecular complexity index is 993. The molecule has 120 valence electrons. The van der Waals surface area contributed by atoms with Crippen LogP contribution in [0.5, 0.6) is 11.5 Å². The van der Waals surface area contributed by atoms with Gasteiger partial charge in [0.05, 0.1) is 18.2 Å². The summed E-state index contributed by atoms with van der Waals surface area (Å²) in [5, 5.41) is 14.8. The van der Waals surface area contributed by atoms with E-state index in [9.17, 15) is 14.7 Å². The van der Waals surface area contributed by atoms with Crippen LogP contribution in [0.1, 0.15) is 40.7 Å². The van der Waals surface area contributed by atoms with Crippen LogP contribution in [-0.4, -0.2) is 31.5 Å². The highest BCUT2D eigenvalue weighted by Crippen LogP contribution is 2.45. The van der Waals surface area contributed by atoms with Crippen molar-refractivity contribution in [1.29, 1.82) is 0 Å². The Kier molecular flexibility index (Phi) is 3.09. The predicted octanol–water partition coefficient (Wildman–Crippen LogP) is 2.08. The molecule has 1 aliphatic heterocycles. The highest BCUT2D eigenvalue weighted by atomic mass is 16.5. The topological polar surface area (TPSA) is 93.8 Å². The van der Waals surface area contributed by atoms with Gasteiger partial charge in [0.25, 0.3) is 0 Å². The van der Waals surface area contributed by atoms with Crippen molar-refractivity contribution in [3.8, 4) is 11.5 Å². The van der Waals surface area contributed by atoms with Gasteiger partial charge in [0.15, 0.2) is 11.4 Å². The molecule has 3 aromatic rings. The zero-order chi connectivity index (χ0) is 16.8. The van der Waals surface area contributed by atoms with Crippen LogP contribution in [0.15, 0.2) is 36.8 Å². The fraction of sp³-hybridized carbons (Fsp3) is 0.176. The largest absolute Gasteiger partial charge is 0.507 e. The molecule has 2 aromatic heterocycles. The van der Waals surface area contributed by atoms with E-state index in [-0.39, 0.29) is 29.3 Å². The van der Waals surface area contributed by atoms with E-state index in [1.165, 1.54) is 19.1 Å². The first-order chi connectivity index (χ1) is 11.6. The summed E-state index contributed by atoms with van der Waals surface area (Å²) in [7, 11) is 0. The molecule has 0 amide bonds. The third-order valence-corrected chi connectivity index (χ3v) is 4.18. The Hall–Kier alpha value is -3.22. The molecular weight excluding hydrogens is 310 g/mol. The van der Waals surface area contributed by atoms with E-state index in [4.69, 9.17) is 4.74 Å². The molecule has 7 heteroatoms. The van der Waals surface area contributed by atoms with Crippen molar-refractivity contribution in [2.24, 2.45) is 0 Å². The fourth-order valence-corrected chi connectivity index (χ4v) is 3.09. The lowest BCUT2D eigenvalue weighted by molar-refractivity contribution is -0.135. The lowest BCUT2D eigenvalue weighted by Gasteiger charge is -2.25. The molecule has 0 unspecified atom stereocenters. The molecule has 0 radical (unpaired) electrons. The molecule has 1 aliphatic rings. The average molecular weight is 323 g/mol. The van der Waals surface area contributed by atoms with E-state index in [0.29, 0.717) is 16.8 Å². The summed E-state index contributed by atoms with van der Waals surface area (Å²) in [6.45, 7) is 1.38. The molecule has 0 fully saturated rings. The molecule has 24 heavy (non-hydrogen) atoms. The van der Waals surface area contributed by atoms with Crippen molar-refractivity contribution in [3.63, 3.8) is 0 Å². The Morgan fingerprint density at radius 3 is 3.04 bits per heavy atom. The zero-order valence-electron chi connectivity index (χ0n) is 12.8. The molecule has 7 nitrogen and oxygen atoms in total. The Balaban J connectivity index is 1.97. The number of aromatic hydroxyl groups is 1. The summed E-state index contributed by atoms with van der Waals surface area (Å²) >= 11 is 0. The highest BCUT2D eigenvalue weighted by molar-refractivity contribution is 5.98. The van der Waals surface area contributed by atoms with Crippen molar-refractivity contribution in [2.45, 2.75) is 19.3 Å². The molecule has 1 N–H and O–H groups in total. The number of hydrogen-bond donors (Lipinski definition) is 1. The van der Waals surface area contributed by atoms with E-state index in [0.717, 1.165) is 0 Å². The fourth-order valence-electron chi connectivity index (χ4n) is 3.09. The minimum absolute atomic E-state index is 0.0415. The van der Waals surface area contributed by atoms with Gasteiger partial charge in [-0.3, -0.25) is 9.59 Å². The monoisotopic (exact) mass is 323 g/mol. The molecule has 0 aliphatic carbocycles. The van der Waals surface area contributed by atoms with Gasteiger partial charge in [0.1, 0.15) is 11.5 Å². The number of fused-ring (bicyclic) bond motifs is 2. The maximum Gasteiger partial charge on any atom is 0.312 e. The standard InChI is InChI=1S/C17H13N3O4/c1-9(21)10-3-4-13-15(16(10)23)11(7-14(22)24-13)12-8-19-20-6-2-5-18-17(12)20/h2-6,8,11,23H,7H2,1H3/t11-/m1/s1. The summed E-state index contributed by atoms with van der Waals surface area (Å²) in [5.74, 6) is -1.04. The van der Waals surface area contributed by atoms with Gasteiger partial charge < -0.3 is 9.84 Å². The number of carbonyl (C=O) groups excluding carboxylic acids is 2. The highest BCUT2D eigenvalue weighted by Gasteiger charge is 2.34. The molecule has 0 spiro atoms. The molecule has 1 atom stereocenters. The summed E-state index contributed by atoms with van der Waals surface area (Å²) in [6, 6.07) is 4.74. The number of Topliss-reactive ketones (excluding diaryl/α,β-unsaturated/α-hetero) is 1. The average Bonchev–Trinajstić information content (AvgIpc) is 2.97. The van der Waals surface area contributed by atoms with Gasteiger partial charge >= 0.3 is 5.97 Å². The van der Waals surface area contributed by atoms with Gasteiger partial charge in [-0.1, -0.05) is 0 Å². The molecule has 0 bridgehead atoms. The number of phenols is 1. The van der Waals surface area contributed by atoms with Crippen molar-refractivity contribution in [2.75, 3.05) is 0 Å². The first-order valence-corrected chi connectivity index (χ1v) is 7.42. The van der Waals surface area contributed by atoms with E-state index < -0.39 is 11.9 Å². The summed E-state index contributed by atoms with van der Waals surface area (Å²) < 4.78 is 6.83. The quantitative estimate of drug-likeness (QED) is 0.441. The van der Waals surface area contributed by atoms with Crippen LogP contribution in [0.3, 0.4) is 0 Å². The van der Waals surface area contributed by atoms with Crippen molar-refractivity contribution < 1.29 is 19.4 Å². The zero-order valence-corrected chi connectivity index (χ0v) is 12.8. The first-order valence-electron chi connectivity index (χ1n) is 7.42. The smallest absolute Gasteiger partial charge is 0.312 e. The van der Waals surface area contributed by atoms with E-state index >= 15 is 0 Å². The Labute approximate surface area is 136 Å². The normalized spacial score (nSPS) is 16.7. The minimum Gasteiger partial charge on any atom is -0.507 e. The van der Waals surface area contributed by atoms with Crippen LogP contribution in [0.4, 0.5) is 0 Å². The first kappa shape index (κ1) is 14.4. The number of rotatable bonds is 2. The van der Waals surface area contributed by atoms with Crippen molar-refractivity contribution in [1.82, 2.24) is 14.6 Å². The Morgan fingerprint density at radius 1 is 1.42 bits per heavy atom. The van der Waals surface area contributed by atoms with E-state index in [1.807, 2.05) is 0 Å². The summed E-state index contributed by atoms with van der Waals surface area (Å²) in [5.41, 5.74) is 1.91. The van der Waals surface area contributed by atoms with Gasteiger partial charge in [-0.2, -0.15) is 5.10 Å². The summed E-state index contributed by atoms with van der Waals surface area (Å²) in [6.07, 6.45) is 5.04. The van der Waals surface area contributed by atoms with Crippen molar-refractivity contribution in [3.05, 3.63) is 53.5 Å². The van der Waals surface area contributed by atoms with Gasteiger partial charge in [-0.05, 0) is 25.1 Å². The second kappa shape index (κ2) is 5.16. The van der Waals surface area contributed by atoms with Crippen LogP contribution in [0.2, 0.25) is 0 Å². The number of phenolic OH excluding ortho intramolecular Hbond substituents is 1. The number of esters is 1. The van der Waals surface area contributed by atoms with Gasteiger partial charge in [0.2, 0.25) is 0 Å².